The Morgan fingerprint density at radius 3 is 1.28 bits per heavy atom. The van der Waals surface area contributed by atoms with Crippen LogP contribution >= 0.6 is 0 Å². The molecule has 9 N–H and O–H groups in total. The Morgan fingerprint density at radius 1 is 0.263 bits per heavy atom. The first-order valence-electron chi connectivity index (χ1n) is 17.5. The van der Waals surface area contributed by atoms with Gasteiger partial charge in [-0.1, -0.05) is 103 Å². The van der Waals surface area contributed by atoms with Crippen LogP contribution in [0, 0.1) is 0 Å². The van der Waals surface area contributed by atoms with Crippen molar-refractivity contribution in [3.8, 4) is 108 Å². The zero-order valence-electron chi connectivity index (χ0n) is 29.4. The molecule has 57 heavy (non-hydrogen) atoms. The molecular weight excluding hydrogens is 727 g/mol. The van der Waals surface area contributed by atoms with Gasteiger partial charge < -0.3 is 46.0 Å². The third kappa shape index (κ3) is 5.42. The van der Waals surface area contributed by atoms with Crippen LogP contribution in [0.4, 0.5) is 0 Å². The number of phenolic OH excluding ortho intramolecular Hbond substituents is 9. The molecular formula is C45H29N3O9. The molecule has 0 spiro atoms. The Balaban J connectivity index is 1.28. The molecule has 0 bridgehead atoms. The van der Waals surface area contributed by atoms with Gasteiger partial charge in [0.05, 0.1) is 5.39 Å². The zero-order chi connectivity index (χ0) is 39.7. The first-order valence-corrected chi connectivity index (χ1v) is 17.5. The number of hydrogen-bond donors (Lipinski definition) is 9. The van der Waals surface area contributed by atoms with Gasteiger partial charge in [-0.3, -0.25) is 0 Å². The van der Waals surface area contributed by atoms with Crippen LogP contribution in [-0.2, 0) is 0 Å². The predicted molar refractivity (Wildman–Crippen MR) is 215 cm³/mol. The van der Waals surface area contributed by atoms with Crippen LogP contribution in [-0.4, -0.2) is 60.9 Å². The highest BCUT2D eigenvalue weighted by molar-refractivity contribution is 6.26. The molecule has 0 aliphatic rings. The summed E-state index contributed by atoms with van der Waals surface area (Å²) in [6.45, 7) is 0. The lowest BCUT2D eigenvalue weighted by molar-refractivity contribution is 0.348. The number of aromatic hydroxyl groups is 9. The standard InChI is InChI=1S/C45H29N3O9/c49-34-29(30-31(36(51)40(55)39(54)35(30)50)32-33(34)38(53)42(57)41(56)37(32)52)25-12-7-13-26(19-25)44-46-43(23-10-5-2-6-11-23)47-45(48-44)27-17-15-22-14-16-24(18-28(22)20-27)21-8-3-1-4-9-21/h1-20,49-57H. The number of phenols is 9. The van der Waals surface area contributed by atoms with E-state index in [0.717, 1.165) is 21.9 Å². The maximum atomic E-state index is 11.8. The number of rotatable bonds is 5. The average molecular weight is 756 g/mol. The fourth-order valence-electron chi connectivity index (χ4n) is 7.24. The quantitative estimate of drug-likeness (QED) is 0.0456. The molecule has 0 amide bonds. The molecule has 0 fully saturated rings. The second-order valence-corrected chi connectivity index (χ2v) is 13.4. The minimum Gasteiger partial charge on any atom is -0.506 e. The summed E-state index contributed by atoms with van der Waals surface area (Å²) in [6.07, 6.45) is 0. The zero-order valence-corrected chi connectivity index (χ0v) is 29.4. The van der Waals surface area contributed by atoms with Gasteiger partial charge >= 0.3 is 0 Å². The number of fused-ring (bicyclic) bond motifs is 4. The van der Waals surface area contributed by atoms with Gasteiger partial charge in [0.1, 0.15) is 5.75 Å². The highest BCUT2D eigenvalue weighted by Crippen LogP contribution is 2.61. The van der Waals surface area contributed by atoms with E-state index in [-0.39, 0.29) is 17.0 Å². The van der Waals surface area contributed by atoms with Crippen molar-refractivity contribution in [2.45, 2.75) is 0 Å². The SMILES string of the molecule is Oc1c(O)c(O)c2c(c1O)c(O)c(-c1cccc(-c3nc(-c4ccccc4)nc(-c4ccc5ccc(-c6ccccc6)cc5c4)n3)c1)c1c(O)c(O)c(O)c(O)c12. The Morgan fingerprint density at radius 2 is 0.684 bits per heavy atom. The minimum atomic E-state index is -1.20. The summed E-state index contributed by atoms with van der Waals surface area (Å²) < 4.78 is 0. The monoisotopic (exact) mass is 755 g/mol. The normalized spacial score (nSPS) is 11.4. The van der Waals surface area contributed by atoms with Gasteiger partial charge in [0, 0.05) is 38.4 Å². The van der Waals surface area contributed by atoms with Gasteiger partial charge in [-0.25, -0.2) is 15.0 Å². The Labute approximate surface area is 322 Å². The first-order chi connectivity index (χ1) is 27.5. The van der Waals surface area contributed by atoms with Crippen molar-refractivity contribution in [3.05, 3.63) is 121 Å². The number of hydrogen-bond acceptors (Lipinski definition) is 12. The number of nitrogens with zero attached hydrogens (tertiary/aromatic N) is 3. The molecule has 0 aliphatic heterocycles. The number of aromatic nitrogens is 3. The van der Waals surface area contributed by atoms with E-state index in [0.29, 0.717) is 28.3 Å². The van der Waals surface area contributed by atoms with E-state index < -0.39 is 73.3 Å². The third-order valence-electron chi connectivity index (χ3n) is 10.0. The van der Waals surface area contributed by atoms with Crippen LogP contribution in [0.1, 0.15) is 0 Å². The molecule has 278 valence electrons. The maximum Gasteiger partial charge on any atom is 0.205 e. The molecule has 1 aromatic heterocycles. The van der Waals surface area contributed by atoms with E-state index in [2.05, 4.69) is 18.2 Å². The molecule has 0 unspecified atom stereocenters. The van der Waals surface area contributed by atoms with Gasteiger partial charge in [0.15, 0.2) is 40.5 Å². The van der Waals surface area contributed by atoms with E-state index in [4.69, 9.17) is 15.0 Å². The Kier molecular flexibility index (Phi) is 7.84. The Hall–Kier alpha value is -8.25. The minimum absolute atomic E-state index is 0.116. The van der Waals surface area contributed by atoms with Crippen molar-refractivity contribution in [3.63, 3.8) is 0 Å². The van der Waals surface area contributed by atoms with Crippen molar-refractivity contribution >= 4 is 32.3 Å². The fraction of sp³-hybridized carbons (Fsp3) is 0. The van der Waals surface area contributed by atoms with Crippen LogP contribution in [0.25, 0.3) is 88.7 Å². The lowest BCUT2D eigenvalue weighted by Gasteiger charge is -2.20. The van der Waals surface area contributed by atoms with E-state index >= 15 is 0 Å². The van der Waals surface area contributed by atoms with Gasteiger partial charge in [0.25, 0.3) is 0 Å². The molecule has 12 nitrogen and oxygen atoms in total. The van der Waals surface area contributed by atoms with Crippen molar-refractivity contribution in [1.29, 1.82) is 0 Å². The summed E-state index contributed by atoms with van der Waals surface area (Å²) >= 11 is 0. The summed E-state index contributed by atoms with van der Waals surface area (Å²) in [6, 6.07) is 37.8. The van der Waals surface area contributed by atoms with Gasteiger partial charge in [0.2, 0.25) is 23.0 Å². The molecule has 9 aromatic rings. The summed E-state index contributed by atoms with van der Waals surface area (Å²) in [5, 5.41) is 97.5. The van der Waals surface area contributed by atoms with Crippen molar-refractivity contribution < 1.29 is 46.0 Å². The van der Waals surface area contributed by atoms with Crippen LogP contribution in [0.3, 0.4) is 0 Å². The number of benzene rings is 8. The summed E-state index contributed by atoms with van der Waals surface area (Å²) in [4.78, 5) is 14.5. The van der Waals surface area contributed by atoms with Gasteiger partial charge in [-0.05, 0) is 45.7 Å². The van der Waals surface area contributed by atoms with Crippen LogP contribution in [0.5, 0.6) is 51.7 Å². The summed E-state index contributed by atoms with van der Waals surface area (Å²) in [5.41, 5.74) is 3.73. The largest absolute Gasteiger partial charge is 0.506 e. The fourth-order valence-corrected chi connectivity index (χ4v) is 7.24. The smallest absolute Gasteiger partial charge is 0.205 e. The second kappa shape index (κ2) is 13.0. The average Bonchev–Trinajstić information content (AvgIpc) is 3.25. The van der Waals surface area contributed by atoms with Gasteiger partial charge in [-0.15, -0.1) is 0 Å². The second-order valence-electron chi connectivity index (χ2n) is 13.4. The molecule has 0 saturated heterocycles. The predicted octanol–water partition coefficient (Wildman–Crippen LogP) is 9.02. The molecule has 0 saturated carbocycles. The highest BCUT2D eigenvalue weighted by Gasteiger charge is 2.32. The molecule has 0 atom stereocenters. The van der Waals surface area contributed by atoms with Crippen molar-refractivity contribution in [2.75, 3.05) is 0 Å². The van der Waals surface area contributed by atoms with Crippen molar-refractivity contribution in [2.24, 2.45) is 0 Å². The van der Waals surface area contributed by atoms with Crippen LogP contribution in [0.15, 0.2) is 121 Å². The topological polar surface area (TPSA) is 221 Å². The first kappa shape index (κ1) is 34.5. The molecule has 1 heterocycles. The Bertz CT molecular complexity index is 3120. The summed E-state index contributed by atoms with van der Waals surface area (Å²) in [7, 11) is 0. The van der Waals surface area contributed by atoms with E-state index in [9.17, 15) is 46.0 Å². The van der Waals surface area contributed by atoms with Crippen LogP contribution in [0.2, 0.25) is 0 Å². The molecule has 0 aliphatic carbocycles. The van der Waals surface area contributed by atoms with Gasteiger partial charge in [-0.2, -0.15) is 0 Å². The molecule has 8 aromatic carbocycles. The molecule has 12 heteroatoms. The summed E-state index contributed by atoms with van der Waals surface area (Å²) in [5.74, 6) is -8.88. The van der Waals surface area contributed by atoms with Crippen molar-refractivity contribution in [1.82, 2.24) is 15.0 Å². The lowest BCUT2D eigenvalue weighted by atomic mass is 9.88. The maximum absolute atomic E-state index is 11.8. The van der Waals surface area contributed by atoms with Crippen LogP contribution < -0.4 is 0 Å². The highest BCUT2D eigenvalue weighted by atomic mass is 16.4. The van der Waals surface area contributed by atoms with E-state index in [1.165, 1.54) is 12.1 Å². The third-order valence-corrected chi connectivity index (χ3v) is 10.0. The lowest BCUT2D eigenvalue weighted by Crippen LogP contribution is -2.00. The van der Waals surface area contributed by atoms with E-state index in [1.54, 1.807) is 12.1 Å². The van der Waals surface area contributed by atoms with E-state index in [1.807, 2.05) is 78.9 Å². The molecule has 9 rings (SSSR count). The molecule has 0 radical (unpaired) electrons.